The molecule has 1 nitrogen and oxygen atoms in total. The molecule has 0 aliphatic heterocycles. The Hall–Kier alpha value is -0.910. The third kappa shape index (κ3) is 2.91. The molecule has 2 aromatic rings. The van der Waals surface area contributed by atoms with Crippen LogP contribution >= 0.6 is 35.0 Å². The molecular weight excluding hydrogens is 306 g/mol. The van der Waals surface area contributed by atoms with Crippen LogP contribution in [0.4, 0.5) is 13.2 Å². The van der Waals surface area contributed by atoms with Gasteiger partial charge in [0, 0.05) is 11.0 Å². The Morgan fingerprint density at radius 3 is 2.33 bits per heavy atom. The van der Waals surface area contributed by atoms with E-state index >= 15 is 0 Å². The highest BCUT2D eigenvalue weighted by atomic mass is 35.5. The van der Waals surface area contributed by atoms with Gasteiger partial charge in [0.1, 0.15) is 5.03 Å². The number of hydrogen-bond donors (Lipinski definition) is 0. The summed E-state index contributed by atoms with van der Waals surface area (Å²) >= 11 is 12.3. The Morgan fingerprint density at radius 2 is 1.67 bits per heavy atom. The van der Waals surface area contributed by atoms with Crippen LogP contribution in [0.5, 0.6) is 0 Å². The fraction of sp³-hybridized carbons (Fsp3) is 0. The maximum absolute atomic E-state index is 13.3. The first-order valence-corrected chi connectivity index (χ1v) is 6.19. The highest BCUT2D eigenvalue weighted by Gasteiger charge is 2.13. The van der Waals surface area contributed by atoms with Gasteiger partial charge in [-0.15, -0.1) is 0 Å². The van der Waals surface area contributed by atoms with Gasteiger partial charge in [0.05, 0.1) is 10.0 Å². The van der Waals surface area contributed by atoms with E-state index in [9.17, 15) is 13.2 Å². The number of halogens is 5. The van der Waals surface area contributed by atoms with Crippen LogP contribution in [-0.4, -0.2) is 4.98 Å². The first-order chi connectivity index (χ1) is 8.47. The predicted octanol–water partition coefficient (Wildman–Crippen LogP) is 4.96. The van der Waals surface area contributed by atoms with E-state index in [1.165, 1.54) is 12.1 Å². The van der Waals surface area contributed by atoms with Crippen LogP contribution in [-0.2, 0) is 0 Å². The maximum Gasteiger partial charge on any atom is 0.250 e. The van der Waals surface area contributed by atoms with E-state index in [0.717, 1.165) is 11.8 Å². The van der Waals surface area contributed by atoms with Crippen molar-refractivity contribution in [3.8, 4) is 0 Å². The lowest BCUT2D eigenvalue weighted by Gasteiger charge is -2.04. The molecule has 0 saturated carbocycles. The van der Waals surface area contributed by atoms with Crippen molar-refractivity contribution >= 4 is 35.0 Å². The van der Waals surface area contributed by atoms with Gasteiger partial charge in [-0.2, -0.15) is 4.39 Å². The Labute approximate surface area is 115 Å². The van der Waals surface area contributed by atoms with Crippen LogP contribution in [0.1, 0.15) is 0 Å². The Balaban J connectivity index is 2.34. The number of rotatable bonds is 2. The van der Waals surface area contributed by atoms with E-state index in [4.69, 9.17) is 23.2 Å². The number of hydrogen-bond acceptors (Lipinski definition) is 2. The standard InChI is InChI=1S/C11H4Cl2F3NS/c12-6-2-1-5(3-7(6)13)18-11-9(15)4-8(14)10(16)17-11/h1-4H. The summed E-state index contributed by atoms with van der Waals surface area (Å²) in [7, 11) is 0. The fourth-order valence-corrected chi connectivity index (χ4v) is 2.33. The summed E-state index contributed by atoms with van der Waals surface area (Å²) in [6.07, 6.45) is 0. The number of nitrogens with zero attached hydrogens (tertiary/aromatic N) is 1. The van der Waals surface area contributed by atoms with E-state index in [1.54, 1.807) is 6.07 Å². The van der Waals surface area contributed by atoms with E-state index in [0.29, 0.717) is 16.0 Å². The lowest BCUT2D eigenvalue weighted by atomic mass is 10.4. The van der Waals surface area contributed by atoms with Crippen LogP contribution < -0.4 is 0 Å². The molecule has 7 heteroatoms. The molecule has 1 aromatic heterocycles. The van der Waals surface area contributed by atoms with Crippen molar-refractivity contribution in [1.82, 2.24) is 4.98 Å². The van der Waals surface area contributed by atoms with Gasteiger partial charge in [0.25, 0.3) is 0 Å². The Morgan fingerprint density at radius 1 is 0.944 bits per heavy atom. The molecule has 1 aromatic carbocycles. The SMILES string of the molecule is Fc1cc(F)c(Sc2ccc(Cl)c(Cl)c2)nc1F. The minimum atomic E-state index is -1.35. The van der Waals surface area contributed by atoms with Crippen molar-refractivity contribution in [1.29, 1.82) is 0 Å². The van der Waals surface area contributed by atoms with Gasteiger partial charge >= 0.3 is 0 Å². The second-order valence-electron chi connectivity index (χ2n) is 3.23. The molecule has 0 fully saturated rings. The first-order valence-electron chi connectivity index (χ1n) is 4.62. The second-order valence-corrected chi connectivity index (χ2v) is 5.10. The van der Waals surface area contributed by atoms with Crippen LogP contribution in [0.15, 0.2) is 34.2 Å². The highest BCUT2D eigenvalue weighted by molar-refractivity contribution is 7.99. The third-order valence-electron chi connectivity index (χ3n) is 1.96. The van der Waals surface area contributed by atoms with Crippen molar-refractivity contribution in [3.05, 3.63) is 51.9 Å². The molecule has 0 saturated heterocycles. The van der Waals surface area contributed by atoms with Gasteiger partial charge in [-0.3, -0.25) is 0 Å². The lowest BCUT2D eigenvalue weighted by Crippen LogP contribution is -1.95. The summed E-state index contributed by atoms with van der Waals surface area (Å²) in [6.45, 7) is 0. The van der Waals surface area contributed by atoms with Crippen LogP contribution in [0.3, 0.4) is 0 Å². The average Bonchev–Trinajstić information content (AvgIpc) is 2.31. The molecule has 94 valence electrons. The zero-order chi connectivity index (χ0) is 13.3. The topological polar surface area (TPSA) is 12.9 Å². The Bertz CT molecular complexity index is 607. The summed E-state index contributed by atoms with van der Waals surface area (Å²) in [6, 6.07) is 5.02. The van der Waals surface area contributed by atoms with Gasteiger partial charge in [-0.25, -0.2) is 13.8 Å². The van der Waals surface area contributed by atoms with Gasteiger partial charge in [-0.05, 0) is 18.2 Å². The van der Waals surface area contributed by atoms with Gasteiger partial charge in [0.2, 0.25) is 5.95 Å². The van der Waals surface area contributed by atoms with E-state index in [1.807, 2.05) is 0 Å². The Kier molecular flexibility index (Phi) is 4.04. The fourth-order valence-electron chi connectivity index (χ4n) is 1.15. The first kappa shape index (κ1) is 13.5. The van der Waals surface area contributed by atoms with E-state index < -0.39 is 17.6 Å². The number of benzene rings is 1. The minimum Gasteiger partial charge on any atom is -0.207 e. The van der Waals surface area contributed by atoms with Crippen LogP contribution in [0.2, 0.25) is 10.0 Å². The summed E-state index contributed by atoms with van der Waals surface area (Å²) in [5.74, 6) is -3.62. The molecule has 0 aliphatic carbocycles. The molecule has 0 spiro atoms. The molecule has 18 heavy (non-hydrogen) atoms. The molecule has 0 atom stereocenters. The molecule has 2 rings (SSSR count). The molecule has 0 aliphatic rings. The van der Waals surface area contributed by atoms with Crippen molar-refractivity contribution in [3.63, 3.8) is 0 Å². The highest BCUT2D eigenvalue weighted by Crippen LogP contribution is 2.33. The largest absolute Gasteiger partial charge is 0.250 e. The van der Waals surface area contributed by atoms with Crippen molar-refractivity contribution < 1.29 is 13.2 Å². The van der Waals surface area contributed by atoms with Crippen molar-refractivity contribution in [2.24, 2.45) is 0 Å². The zero-order valence-electron chi connectivity index (χ0n) is 8.55. The van der Waals surface area contributed by atoms with Gasteiger partial charge in [0.15, 0.2) is 11.6 Å². The maximum atomic E-state index is 13.3. The summed E-state index contributed by atoms with van der Waals surface area (Å²) in [4.78, 5) is 3.71. The van der Waals surface area contributed by atoms with Crippen LogP contribution in [0.25, 0.3) is 0 Å². The number of pyridine rings is 1. The third-order valence-corrected chi connectivity index (χ3v) is 3.67. The molecule has 0 unspecified atom stereocenters. The van der Waals surface area contributed by atoms with Gasteiger partial charge < -0.3 is 0 Å². The molecule has 0 radical (unpaired) electrons. The lowest BCUT2D eigenvalue weighted by molar-refractivity contribution is 0.448. The van der Waals surface area contributed by atoms with Crippen molar-refractivity contribution in [2.75, 3.05) is 0 Å². The van der Waals surface area contributed by atoms with Crippen LogP contribution in [0, 0.1) is 17.6 Å². The van der Waals surface area contributed by atoms with Gasteiger partial charge in [-0.1, -0.05) is 35.0 Å². The monoisotopic (exact) mass is 309 g/mol. The summed E-state index contributed by atoms with van der Waals surface area (Å²) in [5, 5.41) is 0.358. The van der Waals surface area contributed by atoms with E-state index in [-0.39, 0.29) is 10.0 Å². The molecule has 0 N–H and O–H groups in total. The molecule has 1 heterocycles. The van der Waals surface area contributed by atoms with Crippen molar-refractivity contribution in [2.45, 2.75) is 9.92 Å². The smallest absolute Gasteiger partial charge is 0.207 e. The minimum absolute atomic E-state index is 0.271. The zero-order valence-corrected chi connectivity index (χ0v) is 10.9. The quantitative estimate of drug-likeness (QED) is 0.727. The average molecular weight is 310 g/mol. The molecule has 0 amide bonds. The summed E-state index contributed by atoms with van der Waals surface area (Å²) in [5.41, 5.74) is 0. The predicted molar refractivity (Wildman–Crippen MR) is 64.7 cm³/mol. The summed E-state index contributed by atoms with van der Waals surface area (Å²) < 4.78 is 38.9. The molecule has 0 bridgehead atoms. The van der Waals surface area contributed by atoms with E-state index in [2.05, 4.69) is 4.98 Å². The second kappa shape index (κ2) is 5.38. The normalized spacial score (nSPS) is 10.7. The number of aromatic nitrogens is 1. The molecular formula is C11H4Cl2F3NS.